The minimum Gasteiger partial charge on any atom is -0.383 e. The van der Waals surface area contributed by atoms with Gasteiger partial charge in [-0.3, -0.25) is 9.59 Å². The molecule has 0 radical (unpaired) electrons. The van der Waals surface area contributed by atoms with Crippen molar-refractivity contribution >= 4 is 17.5 Å². The molecular weight excluding hydrogens is 332 g/mol. The second kappa shape index (κ2) is 8.05. The van der Waals surface area contributed by atoms with E-state index in [0.717, 1.165) is 18.7 Å². The summed E-state index contributed by atoms with van der Waals surface area (Å²) in [6, 6.07) is 5.22. The molecule has 3 rings (SSSR count). The standard InChI is InChI=1S/C19H22N4O3/c1-12-15(19(25)20-8-9-26-2)4-3-5-16(12)23-18(24)14-10-21-17(22-11-14)13-6-7-13/h3-5,10-11,13H,6-9H2,1-2H3,(H,20,25)(H,23,24). The first-order valence-electron chi connectivity index (χ1n) is 8.60. The third-order valence-electron chi connectivity index (χ3n) is 4.29. The highest BCUT2D eigenvalue weighted by Gasteiger charge is 2.26. The molecule has 7 heteroatoms. The smallest absolute Gasteiger partial charge is 0.258 e. The molecule has 2 aromatic rings. The number of hydrogen-bond acceptors (Lipinski definition) is 5. The number of aromatic nitrogens is 2. The number of hydrogen-bond donors (Lipinski definition) is 2. The number of amides is 2. The normalized spacial score (nSPS) is 13.3. The topological polar surface area (TPSA) is 93.2 Å². The number of rotatable bonds is 7. The lowest BCUT2D eigenvalue weighted by molar-refractivity contribution is 0.0935. The lowest BCUT2D eigenvalue weighted by Gasteiger charge is -2.12. The second-order valence-corrected chi connectivity index (χ2v) is 6.29. The predicted octanol–water partition coefficient (Wildman–Crippen LogP) is 2.29. The van der Waals surface area contributed by atoms with Crippen LogP contribution in [0.15, 0.2) is 30.6 Å². The minimum atomic E-state index is -0.299. The number of carbonyl (C=O) groups is 2. The highest BCUT2D eigenvalue weighted by atomic mass is 16.5. The molecule has 1 aromatic heterocycles. The van der Waals surface area contributed by atoms with Crippen molar-refractivity contribution in [2.75, 3.05) is 25.6 Å². The summed E-state index contributed by atoms with van der Waals surface area (Å²) in [5.41, 5.74) is 2.19. The number of anilines is 1. The van der Waals surface area contributed by atoms with Gasteiger partial charge in [0.25, 0.3) is 11.8 Å². The Morgan fingerprint density at radius 1 is 1.19 bits per heavy atom. The molecule has 0 saturated heterocycles. The maximum atomic E-state index is 12.4. The molecular formula is C19H22N4O3. The van der Waals surface area contributed by atoms with Crippen molar-refractivity contribution < 1.29 is 14.3 Å². The number of nitrogens with one attached hydrogen (secondary N) is 2. The van der Waals surface area contributed by atoms with Crippen molar-refractivity contribution in [2.24, 2.45) is 0 Å². The first-order valence-corrected chi connectivity index (χ1v) is 8.60. The van der Waals surface area contributed by atoms with Crippen molar-refractivity contribution in [3.63, 3.8) is 0 Å². The highest BCUT2D eigenvalue weighted by Crippen LogP contribution is 2.37. The van der Waals surface area contributed by atoms with E-state index in [9.17, 15) is 9.59 Å². The van der Waals surface area contributed by atoms with Crippen LogP contribution in [0.3, 0.4) is 0 Å². The predicted molar refractivity (Wildman–Crippen MR) is 97.3 cm³/mol. The van der Waals surface area contributed by atoms with Gasteiger partial charge in [-0.2, -0.15) is 0 Å². The zero-order valence-electron chi connectivity index (χ0n) is 14.9. The van der Waals surface area contributed by atoms with Gasteiger partial charge in [-0.15, -0.1) is 0 Å². The van der Waals surface area contributed by atoms with Crippen LogP contribution in [0.4, 0.5) is 5.69 Å². The lowest BCUT2D eigenvalue weighted by atomic mass is 10.1. The van der Waals surface area contributed by atoms with E-state index in [1.807, 2.05) is 0 Å². The number of methoxy groups -OCH3 is 1. The third kappa shape index (κ3) is 4.23. The molecule has 7 nitrogen and oxygen atoms in total. The van der Waals surface area contributed by atoms with Gasteiger partial charge in [-0.25, -0.2) is 9.97 Å². The molecule has 136 valence electrons. The van der Waals surface area contributed by atoms with E-state index in [1.165, 1.54) is 0 Å². The molecule has 1 heterocycles. The highest BCUT2D eigenvalue weighted by molar-refractivity contribution is 6.05. The van der Waals surface area contributed by atoms with Gasteiger partial charge in [0.05, 0.1) is 12.2 Å². The zero-order chi connectivity index (χ0) is 18.5. The first-order chi connectivity index (χ1) is 12.6. The molecule has 0 bridgehead atoms. The lowest BCUT2D eigenvalue weighted by Crippen LogP contribution is -2.27. The maximum absolute atomic E-state index is 12.4. The Balaban J connectivity index is 1.69. The van der Waals surface area contributed by atoms with Gasteiger partial charge in [0.2, 0.25) is 0 Å². The van der Waals surface area contributed by atoms with E-state index in [-0.39, 0.29) is 11.8 Å². The molecule has 1 aliphatic rings. The quantitative estimate of drug-likeness (QED) is 0.744. The molecule has 2 N–H and O–H groups in total. The Labute approximate surface area is 152 Å². The van der Waals surface area contributed by atoms with Crippen molar-refractivity contribution in [1.29, 1.82) is 0 Å². The number of ether oxygens (including phenoxy) is 1. The van der Waals surface area contributed by atoms with Gasteiger partial charge in [0.15, 0.2) is 0 Å². The summed E-state index contributed by atoms with van der Waals surface area (Å²) in [4.78, 5) is 33.2. The fourth-order valence-corrected chi connectivity index (χ4v) is 2.58. The van der Waals surface area contributed by atoms with Gasteiger partial charge in [-0.05, 0) is 37.5 Å². The Bertz CT molecular complexity index is 801. The molecule has 26 heavy (non-hydrogen) atoms. The van der Waals surface area contributed by atoms with E-state index in [2.05, 4.69) is 20.6 Å². The summed E-state index contributed by atoms with van der Waals surface area (Å²) in [6.45, 7) is 2.67. The third-order valence-corrected chi connectivity index (χ3v) is 4.29. The Hall–Kier alpha value is -2.80. The van der Waals surface area contributed by atoms with Crippen LogP contribution in [-0.4, -0.2) is 42.0 Å². The minimum absolute atomic E-state index is 0.201. The summed E-state index contributed by atoms with van der Waals surface area (Å²) in [6.07, 6.45) is 5.33. The SMILES string of the molecule is COCCNC(=O)c1cccc(NC(=O)c2cnc(C3CC3)nc2)c1C. The zero-order valence-corrected chi connectivity index (χ0v) is 14.9. The van der Waals surface area contributed by atoms with Crippen LogP contribution in [0.25, 0.3) is 0 Å². The van der Waals surface area contributed by atoms with Crippen LogP contribution < -0.4 is 10.6 Å². The fourth-order valence-electron chi connectivity index (χ4n) is 2.58. The molecule has 0 atom stereocenters. The van der Waals surface area contributed by atoms with E-state index in [0.29, 0.717) is 41.4 Å². The number of nitrogens with zero attached hydrogens (tertiary/aromatic N) is 2. The largest absolute Gasteiger partial charge is 0.383 e. The van der Waals surface area contributed by atoms with Crippen LogP contribution in [0, 0.1) is 6.92 Å². The first kappa shape index (κ1) is 18.0. The molecule has 1 aliphatic carbocycles. The van der Waals surface area contributed by atoms with Gasteiger partial charge >= 0.3 is 0 Å². The van der Waals surface area contributed by atoms with Crippen molar-refractivity contribution in [3.05, 3.63) is 53.1 Å². The molecule has 1 aromatic carbocycles. The number of carbonyl (C=O) groups excluding carboxylic acids is 2. The van der Waals surface area contributed by atoms with Crippen LogP contribution in [0.1, 0.15) is 50.9 Å². The molecule has 0 spiro atoms. The molecule has 1 fully saturated rings. The van der Waals surface area contributed by atoms with Crippen molar-refractivity contribution in [2.45, 2.75) is 25.7 Å². The molecule has 0 aliphatic heterocycles. The Morgan fingerprint density at radius 3 is 2.58 bits per heavy atom. The number of benzene rings is 1. The van der Waals surface area contributed by atoms with Crippen molar-refractivity contribution in [1.82, 2.24) is 15.3 Å². The van der Waals surface area contributed by atoms with E-state index in [1.54, 1.807) is 44.6 Å². The van der Waals surface area contributed by atoms with Crippen LogP contribution in [0.2, 0.25) is 0 Å². The fraction of sp³-hybridized carbons (Fsp3) is 0.368. The summed E-state index contributed by atoms with van der Waals surface area (Å²) in [5.74, 6) is 0.746. The van der Waals surface area contributed by atoms with Crippen LogP contribution >= 0.6 is 0 Å². The van der Waals surface area contributed by atoms with Gasteiger partial charge < -0.3 is 15.4 Å². The average Bonchev–Trinajstić information content (AvgIpc) is 3.49. The molecule has 0 unspecified atom stereocenters. The van der Waals surface area contributed by atoms with E-state index < -0.39 is 0 Å². The summed E-state index contributed by atoms with van der Waals surface area (Å²) in [5, 5.41) is 5.61. The average molecular weight is 354 g/mol. The maximum Gasteiger partial charge on any atom is 0.258 e. The van der Waals surface area contributed by atoms with Gasteiger partial charge in [-0.1, -0.05) is 6.07 Å². The molecule has 1 saturated carbocycles. The molecule has 2 amide bonds. The van der Waals surface area contributed by atoms with Gasteiger partial charge in [0.1, 0.15) is 5.82 Å². The summed E-state index contributed by atoms with van der Waals surface area (Å²) in [7, 11) is 1.58. The van der Waals surface area contributed by atoms with E-state index in [4.69, 9.17) is 4.74 Å². The second-order valence-electron chi connectivity index (χ2n) is 6.29. The van der Waals surface area contributed by atoms with Crippen LogP contribution in [0.5, 0.6) is 0 Å². The summed E-state index contributed by atoms with van der Waals surface area (Å²) < 4.78 is 4.93. The Morgan fingerprint density at radius 2 is 1.92 bits per heavy atom. The van der Waals surface area contributed by atoms with Crippen LogP contribution in [-0.2, 0) is 4.74 Å². The monoisotopic (exact) mass is 354 g/mol. The van der Waals surface area contributed by atoms with Gasteiger partial charge in [0, 0.05) is 43.2 Å². The van der Waals surface area contributed by atoms with E-state index >= 15 is 0 Å². The Kier molecular flexibility index (Phi) is 5.58. The summed E-state index contributed by atoms with van der Waals surface area (Å²) >= 11 is 0. The van der Waals surface area contributed by atoms with Crippen molar-refractivity contribution in [3.8, 4) is 0 Å².